The van der Waals surface area contributed by atoms with Crippen LogP contribution in [-0.4, -0.2) is 31.3 Å². The van der Waals surface area contributed by atoms with Gasteiger partial charge < -0.3 is 20.5 Å². The normalized spacial score (nSPS) is 19.2. The predicted molar refractivity (Wildman–Crippen MR) is 67.3 cm³/mol. The molecule has 17 heavy (non-hydrogen) atoms. The zero-order chi connectivity index (χ0) is 12.1. The molecule has 0 radical (unpaired) electrons. The minimum atomic E-state index is 0.401. The maximum atomic E-state index is 5.69. The Bertz CT molecular complexity index is 365. The third-order valence-corrected chi connectivity index (χ3v) is 2.88. The lowest BCUT2D eigenvalue weighted by molar-refractivity contribution is 0.107. The van der Waals surface area contributed by atoms with Gasteiger partial charge in [0.1, 0.15) is 5.82 Å². The van der Waals surface area contributed by atoms with Crippen molar-refractivity contribution in [2.24, 2.45) is 0 Å². The van der Waals surface area contributed by atoms with Crippen molar-refractivity contribution in [3.63, 3.8) is 0 Å². The van der Waals surface area contributed by atoms with E-state index < -0.39 is 0 Å². The van der Waals surface area contributed by atoms with Crippen LogP contribution in [0.25, 0.3) is 0 Å². The molecule has 0 aliphatic carbocycles. The molecular weight excluding hydrogens is 218 g/mol. The summed E-state index contributed by atoms with van der Waals surface area (Å²) in [6.45, 7) is 1.75. The SMILES string of the molecule is COc1nc(NCCC2CCCO2)ccc1N. The number of anilines is 2. The van der Waals surface area contributed by atoms with Crippen LogP contribution >= 0.6 is 0 Å². The van der Waals surface area contributed by atoms with Crippen molar-refractivity contribution in [1.82, 2.24) is 4.98 Å². The number of ether oxygens (including phenoxy) is 2. The molecule has 1 saturated heterocycles. The van der Waals surface area contributed by atoms with Gasteiger partial charge in [0.2, 0.25) is 5.88 Å². The summed E-state index contributed by atoms with van der Waals surface area (Å²) in [7, 11) is 1.56. The highest BCUT2D eigenvalue weighted by Gasteiger charge is 2.14. The molecule has 2 rings (SSSR count). The van der Waals surface area contributed by atoms with E-state index in [9.17, 15) is 0 Å². The fraction of sp³-hybridized carbons (Fsp3) is 0.583. The Kier molecular flexibility index (Phi) is 4.03. The summed E-state index contributed by atoms with van der Waals surface area (Å²) in [6, 6.07) is 3.65. The summed E-state index contributed by atoms with van der Waals surface area (Å²) in [4.78, 5) is 4.26. The number of pyridine rings is 1. The predicted octanol–water partition coefficient (Wildman–Crippen LogP) is 1.65. The first-order valence-electron chi connectivity index (χ1n) is 5.95. The van der Waals surface area contributed by atoms with Crippen LogP contribution in [0.5, 0.6) is 5.88 Å². The van der Waals surface area contributed by atoms with Crippen LogP contribution in [0.4, 0.5) is 11.5 Å². The van der Waals surface area contributed by atoms with Crippen LogP contribution in [0, 0.1) is 0 Å². The molecule has 0 bridgehead atoms. The zero-order valence-electron chi connectivity index (χ0n) is 10.1. The Balaban J connectivity index is 1.81. The summed E-state index contributed by atoms with van der Waals surface area (Å²) >= 11 is 0. The molecule has 1 aromatic rings. The Labute approximate surface area is 101 Å². The summed E-state index contributed by atoms with van der Waals surface area (Å²) in [6.07, 6.45) is 3.76. The van der Waals surface area contributed by atoms with Gasteiger partial charge in [-0.25, -0.2) is 0 Å². The molecule has 2 heterocycles. The summed E-state index contributed by atoms with van der Waals surface area (Å²) in [5.74, 6) is 1.25. The first-order chi connectivity index (χ1) is 8.29. The molecular formula is C12H19N3O2. The first-order valence-corrected chi connectivity index (χ1v) is 5.95. The third kappa shape index (κ3) is 3.23. The van der Waals surface area contributed by atoms with Crippen molar-refractivity contribution < 1.29 is 9.47 Å². The Morgan fingerprint density at radius 2 is 2.47 bits per heavy atom. The summed E-state index contributed by atoms with van der Waals surface area (Å²) in [5, 5.41) is 3.25. The van der Waals surface area contributed by atoms with Gasteiger partial charge in [0, 0.05) is 13.2 Å². The van der Waals surface area contributed by atoms with Gasteiger partial charge in [-0.1, -0.05) is 0 Å². The number of nitrogens with zero attached hydrogens (tertiary/aromatic N) is 1. The number of nitrogens with one attached hydrogen (secondary N) is 1. The number of nitrogens with two attached hydrogens (primary N) is 1. The van der Waals surface area contributed by atoms with Gasteiger partial charge in [0.25, 0.3) is 0 Å². The van der Waals surface area contributed by atoms with E-state index in [4.69, 9.17) is 15.2 Å². The van der Waals surface area contributed by atoms with Gasteiger partial charge in [0.05, 0.1) is 18.9 Å². The molecule has 0 amide bonds. The summed E-state index contributed by atoms with van der Waals surface area (Å²) < 4.78 is 10.6. The zero-order valence-corrected chi connectivity index (χ0v) is 10.1. The number of methoxy groups -OCH3 is 1. The smallest absolute Gasteiger partial charge is 0.238 e. The molecule has 1 unspecified atom stereocenters. The van der Waals surface area contributed by atoms with Crippen LogP contribution < -0.4 is 15.8 Å². The monoisotopic (exact) mass is 237 g/mol. The topological polar surface area (TPSA) is 69.4 Å². The molecule has 5 heteroatoms. The van der Waals surface area contributed by atoms with E-state index in [1.165, 1.54) is 12.8 Å². The van der Waals surface area contributed by atoms with Crippen LogP contribution in [0.15, 0.2) is 12.1 Å². The second-order valence-electron chi connectivity index (χ2n) is 4.15. The molecule has 1 fully saturated rings. The van der Waals surface area contributed by atoms with Crippen LogP contribution in [0.1, 0.15) is 19.3 Å². The highest BCUT2D eigenvalue weighted by atomic mass is 16.5. The summed E-state index contributed by atoms with van der Waals surface area (Å²) in [5.41, 5.74) is 6.25. The van der Waals surface area contributed by atoms with E-state index in [0.29, 0.717) is 17.7 Å². The van der Waals surface area contributed by atoms with Gasteiger partial charge in [0.15, 0.2) is 0 Å². The van der Waals surface area contributed by atoms with E-state index in [-0.39, 0.29) is 0 Å². The maximum absolute atomic E-state index is 5.69. The van der Waals surface area contributed by atoms with Crippen molar-refractivity contribution in [3.8, 4) is 5.88 Å². The van der Waals surface area contributed by atoms with Crippen LogP contribution in [-0.2, 0) is 4.74 Å². The molecule has 0 aromatic carbocycles. The van der Waals surface area contributed by atoms with Crippen molar-refractivity contribution in [3.05, 3.63) is 12.1 Å². The number of hydrogen-bond acceptors (Lipinski definition) is 5. The minimum absolute atomic E-state index is 0.401. The quantitative estimate of drug-likeness (QED) is 0.815. The maximum Gasteiger partial charge on any atom is 0.238 e. The minimum Gasteiger partial charge on any atom is -0.479 e. The Morgan fingerprint density at radius 3 is 3.18 bits per heavy atom. The van der Waals surface area contributed by atoms with E-state index >= 15 is 0 Å². The van der Waals surface area contributed by atoms with Gasteiger partial charge in [-0.15, -0.1) is 0 Å². The molecule has 1 atom stereocenters. The third-order valence-electron chi connectivity index (χ3n) is 2.88. The number of aromatic nitrogens is 1. The van der Waals surface area contributed by atoms with Gasteiger partial charge in [-0.3, -0.25) is 0 Å². The lowest BCUT2D eigenvalue weighted by Crippen LogP contribution is -2.13. The first kappa shape index (κ1) is 12.0. The molecule has 94 valence electrons. The lowest BCUT2D eigenvalue weighted by atomic mass is 10.2. The second-order valence-corrected chi connectivity index (χ2v) is 4.15. The Morgan fingerprint density at radius 1 is 1.59 bits per heavy atom. The van der Waals surface area contributed by atoms with Crippen molar-refractivity contribution in [1.29, 1.82) is 0 Å². The van der Waals surface area contributed by atoms with Crippen molar-refractivity contribution in [2.75, 3.05) is 31.3 Å². The van der Waals surface area contributed by atoms with E-state index in [1.54, 1.807) is 13.2 Å². The lowest BCUT2D eigenvalue weighted by Gasteiger charge is -2.11. The highest BCUT2D eigenvalue weighted by molar-refractivity contribution is 5.53. The average molecular weight is 237 g/mol. The molecule has 1 aromatic heterocycles. The fourth-order valence-corrected chi connectivity index (χ4v) is 1.95. The van der Waals surface area contributed by atoms with Crippen molar-refractivity contribution in [2.45, 2.75) is 25.4 Å². The van der Waals surface area contributed by atoms with Gasteiger partial charge in [-0.2, -0.15) is 4.98 Å². The van der Waals surface area contributed by atoms with E-state index in [0.717, 1.165) is 25.4 Å². The number of nitrogen functional groups attached to an aromatic ring is 1. The molecule has 0 spiro atoms. The second kappa shape index (κ2) is 5.72. The average Bonchev–Trinajstić information content (AvgIpc) is 2.84. The molecule has 3 N–H and O–H groups in total. The molecule has 1 aliphatic rings. The fourth-order valence-electron chi connectivity index (χ4n) is 1.95. The van der Waals surface area contributed by atoms with Crippen LogP contribution in [0.3, 0.4) is 0 Å². The standard InChI is InChI=1S/C12H19N3O2/c1-16-12-10(13)4-5-11(15-12)14-7-6-9-3-2-8-17-9/h4-5,9H,2-3,6-8,13H2,1H3,(H,14,15). The number of rotatable bonds is 5. The largest absolute Gasteiger partial charge is 0.479 e. The van der Waals surface area contributed by atoms with Crippen molar-refractivity contribution >= 4 is 11.5 Å². The van der Waals surface area contributed by atoms with E-state index in [1.807, 2.05) is 6.07 Å². The molecule has 5 nitrogen and oxygen atoms in total. The molecule has 0 saturated carbocycles. The van der Waals surface area contributed by atoms with Crippen LogP contribution in [0.2, 0.25) is 0 Å². The Hall–Kier alpha value is -1.49. The van der Waals surface area contributed by atoms with Gasteiger partial charge >= 0.3 is 0 Å². The molecule has 1 aliphatic heterocycles. The number of hydrogen-bond donors (Lipinski definition) is 2. The highest BCUT2D eigenvalue weighted by Crippen LogP contribution is 2.20. The van der Waals surface area contributed by atoms with Gasteiger partial charge in [-0.05, 0) is 31.4 Å². The van der Waals surface area contributed by atoms with E-state index in [2.05, 4.69) is 10.3 Å².